The van der Waals surface area contributed by atoms with Crippen LogP contribution in [0, 0.1) is 0 Å². The third-order valence-electron chi connectivity index (χ3n) is 1.59. The minimum Gasteiger partial charge on any atom is -0.460 e. The summed E-state index contributed by atoms with van der Waals surface area (Å²) in [5.74, 6) is -0.470. The van der Waals surface area contributed by atoms with Gasteiger partial charge in [0.1, 0.15) is 12.9 Å². The zero-order chi connectivity index (χ0) is 10.4. The number of nitrogens with two attached hydrogens (primary N) is 1. The molecule has 0 aliphatic rings. The first-order valence-corrected chi connectivity index (χ1v) is 4.17. The highest BCUT2D eigenvalue weighted by Crippen LogP contribution is 2.00. The van der Waals surface area contributed by atoms with Gasteiger partial charge in [-0.3, -0.25) is 0 Å². The van der Waals surface area contributed by atoms with Gasteiger partial charge in [-0.25, -0.2) is 4.79 Å². The van der Waals surface area contributed by atoms with E-state index in [1.165, 1.54) is 0 Å². The molecule has 1 rings (SSSR count). The summed E-state index contributed by atoms with van der Waals surface area (Å²) in [6.45, 7) is -0.0861. The van der Waals surface area contributed by atoms with E-state index in [9.17, 15) is 9.59 Å². The normalized spacial score (nSPS) is 11.8. The van der Waals surface area contributed by atoms with Crippen molar-refractivity contribution in [2.45, 2.75) is 6.04 Å². The molecular formula is C10H11NO3. The standard InChI is InChI=1S/C10H11NO3/c11-9(6-12)7-14-10(13)8-4-2-1-3-5-8/h1-6,9H,7,11H2/t9-/m1/s1. The Morgan fingerprint density at radius 2 is 2.07 bits per heavy atom. The molecule has 0 heterocycles. The Hall–Kier alpha value is -1.68. The zero-order valence-electron chi connectivity index (χ0n) is 7.55. The van der Waals surface area contributed by atoms with Gasteiger partial charge in [0.15, 0.2) is 0 Å². The molecule has 1 aromatic carbocycles. The SMILES string of the molecule is N[C@H](C=O)COC(=O)c1ccccc1. The fourth-order valence-corrected chi connectivity index (χ4v) is 0.869. The number of hydrogen-bond donors (Lipinski definition) is 1. The molecule has 74 valence electrons. The maximum Gasteiger partial charge on any atom is 0.338 e. The van der Waals surface area contributed by atoms with Crippen LogP contribution in [0.1, 0.15) is 10.4 Å². The van der Waals surface area contributed by atoms with E-state index in [2.05, 4.69) is 0 Å². The van der Waals surface area contributed by atoms with Gasteiger partial charge in [-0.05, 0) is 12.1 Å². The highest BCUT2D eigenvalue weighted by Gasteiger charge is 2.08. The summed E-state index contributed by atoms with van der Waals surface area (Å²) in [4.78, 5) is 21.4. The highest BCUT2D eigenvalue weighted by molar-refractivity contribution is 5.89. The third-order valence-corrected chi connectivity index (χ3v) is 1.59. The average molecular weight is 193 g/mol. The molecule has 0 radical (unpaired) electrons. The molecule has 4 nitrogen and oxygen atoms in total. The second kappa shape index (κ2) is 5.14. The third kappa shape index (κ3) is 2.99. The fourth-order valence-electron chi connectivity index (χ4n) is 0.869. The number of carbonyl (C=O) groups is 2. The van der Waals surface area contributed by atoms with Crippen molar-refractivity contribution in [1.82, 2.24) is 0 Å². The Balaban J connectivity index is 2.47. The van der Waals surface area contributed by atoms with Gasteiger partial charge in [-0.15, -0.1) is 0 Å². The summed E-state index contributed by atoms with van der Waals surface area (Å²) in [6, 6.07) is 7.78. The first-order chi connectivity index (χ1) is 6.74. The lowest BCUT2D eigenvalue weighted by Gasteiger charge is -2.05. The van der Waals surface area contributed by atoms with Crippen LogP contribution >= 0.6 is 0 Å². The van der Waals surface area contributed by atoms with Crippen molar-refractivity contribution >= 4 is 12.3 Å². The van der Waals surface area contributed by atoms with Crippen LogP contribution in [0.2, 0.25) is 0 Å². The van der Waals surface area contributed by atoms with Crippen LogP contribution in [0.4, 0.5) is 0 Å². The number of benzene rings is 1. The molecule has 0 aromatic heterocycles. The maximum atomic E-state index is 11.3. The largest absolute Gasteiger partial charge is 0.460 e. The van der Waals surface area contributed by atoms with Gasteiger partial charge in [0, 0.05) is 0 Å². The second-order valence-corrected chi connectivity index (χ2v) is 2.76. The number of esters is 1. The fraction of sp³-hybridized carbons (Fsp3) is 0.200. The van der Waals surface area contributed by atoms with Crippen LogP contribution < -0.4 is 5.73 Å². The molecule has 0 fully saturated rings. The van der Waals surface area contributed by atoms with Gasteiger partial charge in [0.25, 0.3) is 0 Å². The number of carbonyl (C=O) groups excluding carboxylic acids is 2. The van der Waals surface area contributed by atoms with Gasteiger partial charge in [0.05, 0.1) is 11.6 Å². The first kappa shape index (κ1) is 10.4. The van der Waals surface area contributed by atoms with Gasteiger partial charge >= 0.3 is 5.97 Å². The molecule has 14 heavy (non-hydrogen) atoms. The molecule has 0 amide bonds. The molecule has 0 aliphatic carbocycles. The van der Waals surface area contributed by atoms with Crippen molar-refractivity contribution in [1.29, 1.82) is 0 Å². The molecule has 2 N–H and O–H groups in total. The summed E-state index contributed by atoms with van der Waals surface area (Å²) >= 11 is 0. The lowest BCUT2D eigenvalue weighted by molar-refractivity contribution is -0.109. The molecule has 1 aromatic rings. The summed E-state index contributed by atoms with van der Waals surface area (Å²) in [5.41, 5.74) is 5.70. The van der Waals surface area contributed by atoms with Crippen LogP contribution in [-0.2, 0) is 9.53 Å². The van der Waals surface area contributed by atoms with Gasteiger partial charge in [-0.1, -0.05) is 18.2 Å². The van der Waals surface area contributed by atoms with E-state index in [1.807, 2.05) is 0 Å². The Morgan fingerprint density at radius 1 is 1.43 bits per heavy atom. The van der Waals surface area contributed by atoms with Gasteiger partial charge < -0.3 is 15.3 Å². The maximum absolute atomic E-state index is 11.3. The lowest BCUT2D eigenvalue weighted by atomic mass is 10.2. The molecule has 4 heteroatoms. The van der Waals surface area contributed by atoms with Crippen molar-refractivity contribution in [3.63, 3.8) is 0 Å². The molecular weight excluding hydrogens is 182 g/mol. The molecule has 0 spiro atoms. The molecule has 0 saturated heterocycles. The summed E-state index contributed by atoms with van der Waals surface area (Å²) in [5, 5.41) is 0. The molecule has 0 saturated carbocycles. The van der Waals surface area contributed by atoms with Crippen LogP contribution in [0.5, 0.6) is 0 Å². The van der Waals surface area contributed by atoms with Crippen molar-refractivity contribution in [3.05, 3.63) is 35.9 Å². The monoisotopic (exact) mass is 193 g/mol. The van der Waals surface area contributed by atoms with E-state index >= 15 is 0 Å². The predicted molar refractivity (Wildman–Crippen MR) is 50.8 cm³/mol. The smallest absolute Gasteiger partial charge is 0.338 e. The van der Waals surface area contributed by atoms with Gasteiger partial charge in [0.2, 0.25) is 0 Å². The van der Waals surface area contributed by atoms with E-state index in [0.717, 1.165) is 0 Å². The summed E-state index contributed by atoms with van der Waals surface area (Å²) < 4.78 is 4.79. The van der Waals surface area contributed by atoms with Gasteiger partial charge in [-0.2, -0.15) is 0 Å². The van der Waals surface area contributed by atoms with E-state index in [0.29, 0.717) is 11.8 Å². The molecule has 0 bridgehead atoms. The summed E-state index contributed by atoms with van der Waals surface area (Å²) in [7, 11) is 0. The summed E-state index contributed by atoms with van der Waals surface area (Å²) in [6.07, 6.45) is 0.540. The van der Waals surface area contributed by atoms with Crippen molar-refractivity contribution < 1.29 is 14.3 Å². The minimum absolute atomic E-state index is 0.0861. The highest BCUT2D eigenvalue weighted by atomic mass is 16.5. The second-order valence-electron chi connectivity index (χ2n) is 2.76. The van der Waals surface area contributed by atoms with E-state index in [-0.39, 0.29) is 6.61 Å². The number of ether oxygens (including phenoxy) is 1. The topological polar surface area (TPSA) is 69.4 Å². The number of rotatable bonds is 4. The Bertz CT molecular complexity index is 310. The Morgan fingerprint density at radius 3 is 2.64 bits per heavy atom. The van der Waals surface area contributed by atoms with Crippen molar-refractivity contribution in [2.24, 2.45) is 5.73 Å². The van der Waals surface area contributed by atoms with E-state index in [1.54, 1.807) is 30.3 Å². The Kier molecular flexibility index (Phi) is 3.82. The van der Waals surface area contributed by atoms with Crippen LogP contribution in [-0.4, -0.2) is 24.9 Å². The van der Waals surface area contributed by atoms with E-state index < -0.39 is 12.0 Å². The average Bonchev–Trinajstić information content (AvgIpc) is 2.26. The Labute approximate surface area is 81.7 Å². The zero-order valence-corrected chi connectivity index (χ0v) is 7.55. The lowest BCUT2D eigenvalue weighted by Crippen LogP contribution is -2.29. The van der Waals surface area contributed by atoms with Crippen LogP contribution in [0.25, 0.3) is 0 Å². The van der Waals surface area contributed by atoms with E-state index in [4.69, 9.17) is 10.5 Å². The number of hydrogen-bond acceptors (Lipinski definition) is 4. The number of aldehydes is 1. The van der Waals surface area contributed by atoms with Crippen LogP contribution in [0.3, 0.4) is 0 Å². The van der Waals surface area contributed by atoms with Crippen LogP contribution in [0.15, 0.2) is 30.3 Å². The van der Waals surface area contributed by atoms with Crippen molar-refractivity contribution in [2.75, 3.05) is 6.61 Å². The van der Waals surface area contributed by atoms with Crippen molar-refractivity contribution in [3.8, 4) is 0 Å². The first-order valence-electron chi connectivity index (χ1n) is 4.17. The molecule has 0 aliphatic heterocycles. The molecule has 1 atom stereocenters. The minimum atomic E-state index is -0.748. The molecule has 0 unspecified atom stereocenters. The quantitative estimate of drug-likeness (QED) is 0.554. The predicted octanol–water partition coefficient (Wildman–Crippen LogP) is 0.370.